The van der Waals surface area contributed by atoms with Gasteiger partial charge in [-0.3, -0.25) is 0 Å². The van der Waals surface area contributed by atoms with Crippen molar-refractivity contribution >= 4 is 0 Å². The van der Waals surface area contributed by atoms with Crippen LogP contribution in [-0.4, -0.2) is 13.7 Å². The van der Waals surface area contributed by atoms with Crippen LogP contribution in [0.2, 0.25) is 0 Å². The largest absolute Gasteiger partial charge is 0.385 e. The summed E-state index contributed by atoms with van der Waals surface area (Å²) in [5.74, 6) is 1.59. The van der Waals surface area contributed by atoms with Crippen LogP contribution in [0.4, 0.5) is 0 Å². The zero-order valence-corrected chi connectivity index (χ0v) is 11.8. The number of nitrogens with zero attached hydrogens (tertiary/aromatic N) is 1. The molecule has 0 radical (unpaired) electrons. The van der Waals surface area contributed by atoms with Gasteiger partial charge in [0.15, 0.2) is 0 Å². The second-order valence-corrected chi connectivity index (χ2v) is 5.59. The average molecular weight is 257 g/mol. The maximum absolute atomic E-state index is 8.82. The van der Waals surface area contributed by atoms with Crippen molar-refractivity contribution in [2.24, 2.45) is 5.92 Å². The molecule has 0 unspecified atom stereocenters. The Kier molecular flexibility index (Phi) is 5.42. The summed E-state index contributed by atoms with van der Waals surface area (Å²) < 4.78 is 5.12. The Morgan fingerprint density at radius 1 is 1.16 bits per heavy atom. The van der Waals surface area contributed by atoms with Crippen molar-refractivity contribution in [3.05, 3.63) is 35.4 Å². The first-order valence-electron chi connectivity index (χ1n) is 7.32. The fourth-order valence-electron chi connectivity index (χ4n) is 3.13. The monoisotopic (exact) mass is 257 g/mol. The third-order valence-electron chi connectivity index (χ3n) is 4.32. The zero-order chi connectivity index (χ0) is 13.5. The van der Waals surface area contributed by atoms with Crippen LogP contribution in [0.5, 0.6) is 0 Å². The third-order valence-corrected chi connectivity index (χ3v) is 4.32. The van der Waals surface area contributed by atoms with E-state index in [1.54, 1.807) is 7.11 Å². The Hall–Kier alpha value is -1.33. The Labute approximate surface area is 116 Å². The Morgan fingerprint density at radius 2 is 1.84 bits per heavy atom. The Balaban J connectivity index is 1.80. The summed E-state index contributed by atoms with van der Waals surface area (Å²) in [6, 6.07) is 10.3. The van der Waals surface area contributed by atoms with Crippen molar-refractivity contribution in [3.63, 3.8) is 0 Å². The first-order chi connectivity index (χ1) is 9.33. The number of rotatable bonds is 5. The van der Waals surface area contributed by atoms with Gasteiger partial charge in [0.1, 0.15) is 0 Å². The van der Waals surface area contributed by atoms with E-state index in [1.165, 1.54) is 44.1 Å². The van der Waals surface area contributed by atoms with Crippen LogP contribution >= 0.6 is 0 Å². The van der Waals surface area contributed by atoms with Crippen LogP contribution in [-0.2, 0) is 4.74 Å². The van der Waals surface area contributed by atoms with Crippen molar-refractivity contribution in [1.82, 2.24) is 0 Å². The van der Waals surface area contributed by atoms with E-state index in [4.69, 9.17) is 10.00 Å². The second-order valence-electron chi connectivity index (χ2n) is 5.59. The fraction of sp³-hybridized carbons (Fsp3) is 0.588. The average Bonchev–Trinajstić information content (AvgIpc) is 2.48. The Morgan fingerprint density at radius 3 is 2.42 bits per heavy atom. The summed E-state index contributed by atoms with van der Waals surface area (Å²) in [6.45, 7) is 0.898. The summed E-state index contributed by atoms with van der Waals surface area (Å²) in [5.41, 5.74) is 2.17. The highest BCUT2D eigenvalue weighted by molar-refractivity contribution is 5.33. The maximum Gasteiger partial charge on any atom is 0.0991 e. The smallest absolute Gasteiger partial charge is 0.0991 e. The van der Waals surface area contributed by atoms with Gasteiger partial charge in [0, 0.05) is 13.7 Å². The quantitative estimate of drug-likeness (QED) is 0.738. The van der Waals surface area contributed by atoms with Gasteiger partial charge in [0.05, 0.1) is 11.6 Å². The number of ether oxygens (including phenoxy) is 1. The van der Waals surface area contributed by atoms with Gasteiger partial charge < -0.3 is 4.74 Å². The van der Waals surface area contributed by atoms with Gasteiger partial charge in [0.2, 0.25) is 0 Å². The molecule has 102 valence electrons. The lowest BCUT2D eigenvalue weighted by Gasteiger charge is -2.28. The molecular formula is C17H23NO. The number of hydrogen-bond donors (Lipinski definition) is 0. The third kappa shape index (κ3) is 4.08. The van der Waals surface area contributed by atoms with E-state index in [0.717, 1.165) is 18.1 Å². The Bertz CT molecular complexity index is 410. The van der Waals surface area contributed by atoms with E-state index in [2.05, 4.69) is 18.2 Å². The van der Waals surface area contributed by atoms with E-state index in [9.17, 15) is 0 Å². The summed E-state index contributed by atoms with van der Waals surface area (Å²) >= 11 is 0. The summed E-state index contributed by atoms with van der Waals surface area (Å²) in [4.78, 5) is 0. The van der Waals surface area contributed by atoms with Crippen molar-refractivity contribution in [2.75, 3.05) is 13.7 Å². The first kappa shape index (κ1) is 14.1. The molecule has 1 aliphatic rings. The SMILES string of the molecule is COCCCC1CCC(c2ccc(C#N)cc2)CC1. The summed E-state index contributed by atoms with van der Waals surface area (Å²) in [5, 5.41) is 8.82. The molecule has 2 nitrogen and oxygen atoms in total. The van der Waals surface area contributed by atoms with E-state index in [-0.39, 0.29) is 0 Å². The van der Waals surface area contributed by atoms with Crippen LogP contribution in [0.3, 0.4) is 0 Å². The van der Waals surface area contributed by atoms with Gasteiger partial charge in [-0.05, 0) is 68.1 Å². The molecule has 1 fully saturated rings. The standard InChI is InChI=1S/C17H23NO/c1-19-12-2-3-14-4-8-16(9-5-14)17-10-6-15(13-18)7-11-17/h6-7,10-11,14,16H,2-5,8-9,12H2,1H3. The van der Waals surface area contributed by atoms with Crippen LogP contribution in [0.25, 0.3) is 0 Å². The second kappa shape index (κ2) is 7.31. The topological polar surface area (TPSA) is 33.0 Å². The van der Waals surface area contributed by atoms with Crippen LogP contribution in [0, 0.1) is 17.2 Å². The molecule has 1 aliphatic carbocycles. The number of benzene rings is 1. The van der Waals surface area contributed by atoms with Crippen LogP contribution in [0.1, 0.15) is 55.6 Å². The molecule has 1 aromatic rings. The van der Waals surface area contributed by atoms with E-state index >= 15 is 0 Å². The summed E-state index contributed by atoms with van der Waals surface area (Å²) in [6.07, 6.45) is 7.78. The lowest BCUT2D eigenvalue weighted by Crippen LogP contribution is -2.13. The molecule has 0 aromatic heterocycles. The van der Waals surface area contributed by atoms with Crippen LogP contribution < -0.4 is 0 Å². The normalized spacial score (nSPS) is 22.9. The maximum atomic E-state index is 8.82. The highest BCUT2D eigenvalue weighted by atomic mass is 16.5. The van der Waals surface area contributed by atoms with Gasteiger partial charge in [-0.25, -0.2) is 0 Å². The number of methoxy groups -OCH3 is 1. The minimum absolute atomic E-state index is 0.700. The van der Waals surface area contributed by atoms with Gasteiger partial charge >= 0.3 is 0 Å². The zero-order valence-electron chi connectivity index (χ0n) is 11.8. The molecule has 2 heteroatoms. The van der Waals surface area contributed by atoms with Gasteiger partial charge in [-0.1, -0.05) is 12.1 Å². The number of hydrogen-bond acceptors (Lipinski definition) is 2. The fourth-order valence-corrected chi connectivity index (χ4v) is 3.13. The minimum Gasteiger partial charge on any atom is -0.385 e. The minimum atomic E-state index is 0.700. The molecule has 0 saturated heterocycles. The predicted octanol–water partition coefficient (Wildman–Crippen LogP) is 4.26. The molecule has 0 atom stereocenters. The molecule has 0 spiro atoms. The van der Waals surface area contributed by atoms with Gasteiger partial charge in [0.25, 0.3) is 0 Å². The molecule has 0 N–H and O–H groups in total. The van der Waals surface area contributed by atoms with Crippen molar-refractivity contribution in [3.8, 4) is 6.07 Å². The van der Waals surface area contributed by atoms with E-state index < -0.39 is 0 Å². The van der Waals surface area contributed by atoms with Crippen molar-refractivity contribution < 1.29 is 4.74 Å². The highest BCUT2D eigenvalue weighted by Gasteiger charge is 2.21. The lowest BCUT2D eigenvalue weighted by molar-refractivity contribution is 0.180. The molecule has 1 aromatic carbocycles. The van der Waals surface area contributed by atoms with E-state index in [1.807, 2.05) is 12.1 Å². The van der Waals surface area contributed by atoms with E-state index in [0.29, 0.717) is 5.92 Å². The molecule has 2 rings (SSSR count). The van der Waals surface area contributed by atoms with Crippen LogP contribution in [0.15, 0.2) is 24.3 Å². The van der Waals surface area contributed by atoms with Gasteiger partial charge in [-0.15, -0.1) is 0 Å². The highest BCUT2D eigenvalue weighted by Crippen LogP contribution is 2.37. The molecule has 0 aliphatic heterocycles. The van der Waals surface area contributed by atoms with Crippen molar-refractivity contribution in [1.29, 1.82) is 5.26 Å². The molecular weight excluding hydrogens is 234 g/mol. The van der Waals surface area contributed by atoms with Crippen molar-refractivity contribution in [2.45, 2.75) is 44.4 Å². The predicted molar refractivity (Wildman–Crippen MR) is 77.0 cm³/mol. The summed E-state index contributed by atoms with van der Waals surface area (Å²) in [7, 11) is 1.78. The first-order valence-corrected chi connectivity index (χ1v) is 7.32. The molecule has 1 saturated carbocycles. The van der Waals surface area contributed by atoms with Gasteiger partial charge in [-0.2, -0.15) is 5.26 Å². The lowest BCUT2D eigenvalue weighted by atomic mass is 9.77. The number of nitriles is 1. The molecule has 0 heterocycles. The molecule has 0 amide bonds. The molecule has 19 heavy (non-hydrogen) atoms. The molecule has 0 bridgehead atoms.